The number of nitrogens with zero attached hydrogens (tertiary/aromatic N) is 1. The van der Waals surface area contributed by atoms with Crippen LogP contribution in [0.25, 0.3) is 5.57 Å². The fraction of sp³-hybridized carbons (Fsp3) is 0.273. The second-order valence-corrected chi connectivity index (χ2v) is 6.60. The molecule has 0 bridgehead atoms. The highest BCUT2D eigenvalue weighted by atomic mass is 16.5. The number of carbonyl (C=O) groups is 2. The SMILES string of the molecule is C=C(CC1(C(=O)OC)CCCN1C(=O)c1ccccc1)c1ccccc1. The molecule has 3 rings (SSSR count). The Kier molecular flexibility index (Phi) is 5.21. The summed E-state index contributed by atoms with van der Waals surface area (Å²) >= 11 is 0. The molecule has 1 fully saturated rings. The number of methoxy groups -OCH3 is 1. The van der Waals surface area contributed by atoms with Gasteiger partial charge in [0.15, 0.2) is 0 Å². The average molecular weight is 349 g/mol. The van der Waals surface area contributed by atoms with Gasteiger partial charge in [0.2, 0.25) is 0 Å². The lowest BCUT2D eigenvalue weighted by atomic mass is 9.85. The number of amides is 1. The maximum atomic E-state index is 13.1. The molecule has 4 heteroatoms. The molecule has 0 spiro atoms. The molecule has 134 valence electrons. The van der Waals surface area contributed by atoms with E-state index in [-0.39, 0.29) is 11.9 Å². The van der Waals surface area contributed by atoms with Gasteiger partial charge >= 0.3 is 5.97 Å². The third kappa shape index (κ3) is 3.27. The molecular weight excluding hydrogens is 326 g/mol. The van der Waals surface area contributed by atoms with Crippen molar-refractivity contribution >= 4 is 17.4 Å². The van der Waals surface area contributed by atoms with E-state index in [1.54, 1.807) is 17.0 Å². The number of rotatable bonds is 5. The molecule has 0 aliphatic carbocycles. The van der Waals surface area contributed by atoms with Gasteiger partial charge in [-0.15, -0.1) is 0 Å². The predicted molar refractivity (Wildman–Crippen MR) is 102 cm³/mol. The minimum absolute atomic E-state index is 0.144. The molecule has 1 heterocycles. The summed E-state index contributed by atoms with van der Waals surface area (Å²) in [5.74, 6) is -0.522. The van der Waals surface area contributed by atoms with Crippen molar-refractivity contribution in [3.63, 3.8) is 0 Å². The van der Waals surface area contributed by atoms with Crippen LogP contribution in [-0.2, 0) is 9.53 Å². The van der Waals surface area contributed by atoms with Crippen LogP contribution in [0, 0.1) is 0 Å². The van der Waals surface area contributed by atoms with Gasteiger partial charge in [0.1, 0.15) is 5.54 Å². The summed E-state index contributed by atoms with van der Waals surface area (Å²) in [6, 6.07) is 18.8. The normalized spacial score (nSPS) is 19.2. The summed E-state index contributed by atoms with van der Waals surface area (Å²) < 4.78 is 5.12. The van der Waals surface area contributed by atoms with Crippen LogP contribution in [0.3, 0.4) is 0 Å². The molecule has 26 heavy (non-hydrogen) atoms. The Hall–Kier alpha value is -2.88. The fourth-order valence-electron chi connectivity index (χ4n) is 3.70. The van der Waals surface area contributed by atoms with Crippen LogP contribution in [0.2, 0.25) is 0 Å². The van der Waals surface area contributed by atoms with Crippen molar-refractivity contribution in [1.82, 2.24) is 4.90 Å². The number of carbonyl (C=O) groups excluding carboxylic acids is 2. The van der Waals surface area contributed by atoms with E-state index < -0.39 is 5.54 Å². The van der Waals surface area contributed by atoms with E-state index >= 15 is 0 Å². The Morgan fingerprint density at radius 1 is 1.04 bits per heavy atom. The molecule has 1 aliphatic rings. The predicted octanol–water partition coefficient (Wildman–Crippen LogP) is 3.94. The lowest BCUT2D eigenvalue weighted by molar-refractivity contribution is -0.151. The second-order valence-electron chi connectivity index (χ2n) is 6.60. The minimum Gasteiger partial charge on any atom is -0.467 e. The van der Waals surface area contributed by atoms with Crippen molar-refractivity contribution in [3.8, 4) is 0 Å². The summed E-state index contributed by atoms with van der Waals surface area (Å²) in [5.41, 5.74) is 1.36. The second kappa shape index (κ2) is 7.56. The number of ether oxygens (including phenoxy) is 1. The summed E-state index contributed by atoms with van der Waals surface area (Å²) in [6.45, 7) is 4.70. The van der Waals surface area contributed by atoms with Crippen LogP contribution in [0.4, 0.5) is 0 Å². The Balaban J connectivity index is 1.94. The van der Waals surface area contributed by atoms with Gasteiger partial charge in [-0.05, 0) is 36.1 Å². The van der Waals surface area contributed by atoms with Crippen molar-refractivity contribution in [3.05, 3.63) is 78.4 Å². The Morgan fingerprint density at radius 3 is 2.19 bits per heavy atom. The van der Waals surface area contributed by atoms with Crippen LogP contribution < -0.4 is 0 Å². The molecule has 1 amide bonds. The highest BCUT2D eigenvalue weighted by Crippen LogP contribution is 2.39. The van der Waals surface area contributed by atoms with Crippen LogP contribution in [0.15, 0.2) is 67.2 Å². The summed E-state index contributed by atoms with van der Waals surface area (Å²) in [6.07, 6.45) is 1.70. The van der Waals surface area contributed by atoms with Crippen LogP contribution in [0.5, 0.6) is 0 Å². The smallest absolute Gasteiger partial charge is 0.332 e. The molecule has 1 unspecified atom stereocenters. The van der Waals surface area contributed by atoms with E-state index in [9.17, 15) is 9.59 Å². The monoisotopic (exact) mass is 349 g/mol. The zero-order valence-corrected chi connectivity index (χ0v) is 15.0. The van der Waals surface area contributed by atoms with E-state index in [1.165, 1.54) is 7.11 Å². The average Bonchev–Trinajstić information content (AvgIpc) is 3.12. The number of benzene rings is 2. The van der Waals surface area contributed by atoms with E-state index in [0.29, 0.717) is 24.9 Å². The molecule has 0 aromatic heterocycles. The van der Waals surface area contributed by atoms with Crippen molar-refractivity contribution in [2.45, 2.75) is 24.8 Å². The minimum atomic E-state index is -1.01. The van der Waals surface area contributed by atoms with Crippen LogP contribution in [-0.4, -0.2) is 36.0 Å². The van der Waals surface area contributed by atoms with Crippen LogP contribution in [0.1, 0.15) is 35.2 Å². The van der Waals surface area contributed by atoms with Crippen molar-refractivity contribution in [1.29, 1.82) is 0 Å². The maximum absolute atomic E-state index is 13.1. The molecule has 4 nitrogen and oxygen atoms in total. The molecule has 0 saturated carbocycles. The summed E-state index contributed by atoms with van der Waals surface area (Å²) in [4.78, 5) is 27.6. The van der Waals surface area contributed by atoms with Gasteiger partial charge in [-0.1, -0.05) is 55.1 Å². The number of esters is 1. The lowest BCUT2D eigenvalue weighted by Crippen LogP contribution is -2.53. The molecule has 1 saturated heterocycles. The molecule has 1 atom stereocenters. The molecule has 2 aromatic carbocycles. The standard InChI is InChI=1S/C22H23NO3/c1-17(18-10-5-3-6-11-18)16-22(21(25)26-2)14-9-15-23(22)20(24)19-12-7-4-8-13-19/h3-8,10-13H,1,9,14-16H2,2H3. The van der Waals surface area contributed by atoms with E-state index in [2.05, 4.69) is 6.58 Å². The molecule has 0 N–H and O–H groups in total. The first-order chi connectivity index (χ1) is 12.6. The molecular formula is C22H23NO3. The Labute approximate surface area is 154 Å². The zero-order chi connectivity index (χ0) is 18.6. The van der Waals surface area contributed by atoms with Crippen molar-refractivity contribution < 1.29 is 14.3 Å². The quantitative estimate of drug-likeness (QED) is 0.768. The van der Waals surface area contributed by atoms with Gasteiger partial charge in [-0.3, -0.25) is 4.79 Å². The van der Waals surface area contributed by atoms with Gasteiger partial charge in [-0.2, -0.15) is 0 Å². The highest BCUT2D eigenvalue weighted by molar-refractivity contribution is 5.99. The number of likely N-dealkylation sites (tertiary alicyclic amines) is 1. The van der Waals surface area contributed by atoms with E-state index in [4.69, 9.17) is 4.74 Å². The Morgan fingerprint density at radius 2 is 1.62 bits per heavy atom. The summed E-state index contributed by atoms with van der Waals surface area (Å²) in [5, 5.41) is 0. The van der Waals surface area contributed by atoms with Gasteiger partial charge in [0, 0.05) is 18.5 Å². The Bertz CT molecular complexity index is 801. The lowest BCUT2D eigenvalue weighted by Gasteiger charge is -2.36. The third-order valence-corrected chi connectivity index (χ3v) is 5.01. The molecule has 2 aromatic rings. The third-order valence-electron chi connectivity index (χ3n) is 5.01. The van der Waals surface area contributed by atoms with Gasteiger partial charge in [0.05, 0.1) is 7.11 Å². The highest BCUT2D eigenvalue weighted by Gasteiger charge is 2.51. The number of hydrogen-bond donors (Lipinski definition) is 0. The first-order valence-corrected chi connectivity index (χ1v) is 8.77. The van der Waals surface area contributed by atoms with Crippen molar-refractivity contribution in [2.24, 2.45) is 0 Å². The molecule has 1 aliphatic heterocycles. The van der Waals surface area contributed by atoms with Crippen molar-refractivity contribution in [2.75, 3.05) is 13.7 Å². The number of hydrogen-bond acceptors (Lipinski definition) is 3. The van der Waals surface area contributed by atoms with Gasteiger partial charge in [-0.25, -0.2) is 4.79 Å². The topological polar surface area (TPSA) is 46.6 Å². The van der Waals surface area contributed by atoms with Gasteiger partial charge in [0.25, 0.3) is 5.91 Å². The largest absolute Gasteiger partial charge is 0.467 e. The summed E-state index contributed by atoms with van der Waals surface area (Å²) in [7, 11) is 1.37. The van der Waals surface area contributed by atoms with E-state index in [1.807, 2.05) is 48.5 Å². The fourth-order valence-corrected chi connectivity index (χ4v) is 3.70. The maximum Gasteiger partial charge on any atom is 0.332 e. The van der Waals surface area contributed by atoms with E-state index in [0.717, 1.165) is 17.6 Å². The first kappa shape index (κ1) is 17.9. The van der Waals surface area contributed by atoms with Crippen LogP contribution >= 0.6 is 0 Å². The molecule has 0 radical (unpaired) electrons. The zero-order valence-electron chi connectivity index (χ0n) is 15.0. The van der Waals surface area contributed by atoms with Gasteiger partial charge < -0.3 is 9.64 Å². The first-order valence-electron chi connectivity index (χ1n) is 8.77.